The molecule has 2 amide bonds. The monoisotopic (exact) mass is 381 g/mol. The third kappa shape index (κ3) is 4.73. The highest BCUT2D eigenvalue weighted by atomic mass is 32.2. The van der Waals surface area contributed by atoms with Crippen LogP contribution in [0.1, 0.15) is 31.8 Å². The molecule has 8 heteroatoms. The molecule has 2 aromatic carbocycles. The van der Waals surface area contributed by atoms with Crippen LogP contribution in [0.25, 0.3) is 0 Å². The molecule has 0 fully saturated rings. The number of rotatable bonds is 5. The summed E-state index contributed by atoms with van der Waals surface area (Å²) in [5.74, 6) is 0.000859. The Labute approximate surface area is 161 Å². The lowest BCUT2D eigenvalue weighted by Crippen LogP contribution is -2.41. The fraction of sp³-hybridized carbons (Fsp3) is 0.158. The number of benzene rings is 2. The highest BCUT2D eigenvalue weighted by molar-refractivity contribution is 7.98. The molecule has 0 aliphatic carbocycles. The van der Waals surface area contributed by atoms with Crippen molar-refractivity contribution in [2.45, 2.75) is 17.8 Å². The number of aryl methyl sites for hydroxylation is 2. The Balaban J connectivity index is 1.53. The van der Waals surface area contributed by atoms with Crippen LogP contribution >= 0.6 is 11.8 Å². The number of aromatic nitrogens is 3. The van der Waals surface area contributed by atoms with Gasteiger partial charge in [-0.25, -0.2) is 0 Å². The zero-order chi connectivity index (χ0) is 19.2. The summed E-state index contributed by atoms with van der Waals surface area (Å²) in [6.07, 6.45) is 1.65. The van der Waals surface area contributed by atoms with Crippen LogP contribution < -0.4 is 10.9 Å². The van der Waals surface area contributed by atoms with Crippen molar-refractivity contribution in [1.82, 2.24) is 25.6 Å². The van der Waals surface area contributed by atoms with Gasteiger partial charge in [0.25, 0.3) is 11.8 Å². The summed E-state index contributed by atoms with van der Waals surface area (Å²) < 4.78 is 1.85. The Morgan fingerprint density at radius 2 is 1.74 bits per heavy atom. The predicted octanol–water partition coefficient (Wildman–Crippen LogP) is 2.49. The van der Waals surface area contributed by atoms with Crippen LogP contribution in [0.5, 0.6) is 0 Å². The molecule has 0 bridgehead atoms. The average Bonchev–Trinajstić information content (AvgIpc) is 3.10. The van der Waals surface area contributed by atoms with E-state index < -0.39 is 0 Å². The Morgan fingerprint density at radius 3 is 2.41 bits per heavy atom. The van der Waals surface area contributed by atoms with Crippen molar-refractivity contribution in [3.63, 3.8) is 0 Å². The van der Waals surface area contributed by atoms with Gasteiger partial charge in [0, 0.05) is 23.9 Å². The van der Waals surface area contributed by atoms with Gasteiger partial charge in [-0.2, -0.15) is 0 Å². The molecule has 0 spiro atoms. The van der Waals surface area contributed by atoms with E-state index >= 15 is 0 Å². The van der Waals surface area contributed by atoms with Crippen LogP contribution in [0.4, 0.5) is 0 Å². The van der Waals surface area contributed by atoms with E-state index in [0.717, 1.165) is 22.0 Å². The van der Waals surface area contributed by atoms with E-state index in [2.05, 4.69) is 21.0 Å². The maximum absolute atomic E-state index is 12.2. The lowest BCUT2D eigenvalue weighted by molar-refractivity contribution is 0.0846. The average molecular weight is 381 g/mol. The van der Waals surface area contributed by atoms with E-state index in [0.29, 0.717) is 11.1 Å². The van der Waals surface area contributed by atoms with Gasteiger partial charge >= 0.3 is 0 Å². The first kappa shape index (κ1) is 18.7. The van der Waals surface area contributed by atoms with Crippen LogP contribution in [0.15, 0.2) is 60.0 Å². The van der Waals surface area contributed by atoms with Crippen LogP contribution in [0, 0.1) is 6.92 Å². The zero-order valence-corrected chi connectivity index (χ0v) is 15.8. The van der Waals surface area contributed by atoms with Gasteiger partial charge in [0.05, 0.1) is 0 Å². The fourth-order valence-corrected chi connectivity index (χ4v) is 3.23. The smallest absolute Gasteiger partial charge is 0.269 e. The van der Waals surface area contributed by atoms with E-state index in [9.17, 15) is 9.59 Å². The molecule has 0 aliphatic rings. The molecule has 0 saturated heterocycles. The number of carbonyl (C=O) groups is 2. The largest absolute Gasteiger partial charge is 0.312 e. The number of nitrogens with one attached hydrogen (secondary N) is 2. The maximum atomic E-state index is 12.2. The van der Waals surface area contributed by atoms with E-state index in [1.54, 1.807) is 42.4 Å². The number of thioether (sulfide) groups is 1. The van der Waals surface area contributed by atoms with E-state index in [1.807, 2.05) is 42.8 Å². The lowest BCUT2D eigenvalue weighted by Gasteiger charge is -2.09. The minimum Gasteiger partial charge on any atom is -0.312 e. The summed E-state index contributed by atoms with van der Waals surface area (Å²) in [5.41, 5.74) is 7.77. The van der Waals surface area contributed by atoms with Crippen LogP contribution in [0.3, 0.4) is 0 Å². The number of hydrogen-bond donors (Lipinski definition) is 2. The molecule has 138 valence electrons. The second-order valence-corrected chi connectivity index (χ2v) is 6.88. The normalized spacial score (nSPS) is 10.4. The summed E-state index contributed by atoms with van der Waals surface area (Å²) in [6, 6.07) is 14.4. The minimum absolute atomic E-state index is 0.349. The van der Waals surface area contributed by atoms with E-state index in [-0.39, 0.29) is 11.8 Å². The van der Waals surface area contributed by atoms with Crippen LogP contribution in [-0.4, -0.2) is 26.6 Å². The molecule has 0 aliphatic heterocycles. The highest BCUT2D eigenvalue weighted by Crippen LogP contribution is 2.20. The van der Waals surface area contributed by atoms with Crippen molar-refractivity contribution in [1.29, 1.82) is 0 Å². The second kappa shape index (κ2) is 8.50. The molecule has 0 atom stereocenters. The zero-order valence-electron chi connectivity index (χ0n) is 15.0. The van der Waals surface area contributed by atoms with Gasteiger partial charge < -0.3 is 4.57 Å². The standard InChI is InChI=1S/C19H19N5O2S/c1-13-5-3-4-6-16(13)18(26)22-21-17(25)15-9-7-14(8-10-15)11-27-19-23-20-12-24(19)2/h3-10,12H,11H2,1-2H3,(H,21,25)(H,22,26). The van der Waals surface area contributed by atoms with Gasteiger partial charge in [-0.05, 0) is 36.2 Å². The van der Waals surface area contributed by atoms with Crippen molar-refractivity contribution in [2.24, 2.45) is 7.05 Å². The first-order valence-corrected chi connectivity index (χ1v) is 9.25. The molecular weight excluding hydrogens is 362 g/mol. The van der Waals surface area contributed by atoms with Gasteiger partial charge in [-0.15, -0.1) is 10.2 Å². The van der Waals surface area contributed by atoms with Gasteiger partial charge in [0.1, 0.15) is 6.33 Å². The topological polar surface area (TPSA) is 88.9 Å². The molecule has 1 aromatic heterocycles. The summed E-state index contributed by atoms with van der Waals surface area (Å²) in [6.45, 7) is 1.84. The first-order chi connectivity index (χ1) is 13.0. The molecule has 0 saturated carbocycles. The summed E-state index contributed by atoms with van der Waals surface area (Å²) in [7, 11) is 1.89. The number of carbonyl (C=O) groups excluding carboxylic acids is 2. The lowest BCUT2D eigenvalue weighted by atomic mass is 10.1. The van der Waals surface area contributed by atoms with E-state index in [4.69, 9.17) is 0 Å². The van der Waals surface area contributed by atoms with Crippen molar-refractivity contribution < 1.29 is 9.59 Å². The van der Waals surface area contributed by atoms with Gasteiger partial charge in [0.2, 0.25) is 0 Å². The summed E-state index contributed by atoms with van der Waals surface area (Å²) >= 11 is 1.57. The Hall–Kier alpha value is -3.13. The molecule has 3 aromatic rings. The quantitative estimate of drug-likeness (QED) is 0.524. The molecule has 0 unspecified atom stereocenters. The Kier molecular flexibility index (Phi) is 5.87. The van der Waals surface area contributed by atoms with Crippen LogP contribution in [-0.2, 0) is 12.8 Å². The predicted molar refractivity (Wildman–Crippen MR) is 103 cm³/mol. The number of nitrogens with zero attached hydrogens (tertiary/aromatic N) is 3. The second-order valence-electron chi connectivity index (χ2n) is 5.93. The third-order valence-electron chi connectivity index (χ3n) is 3.93. The molecule has 0 radical (unpaired) electrons. The summed E-state index contributed by atoms with van der Waals surface area (Å²) in [5, 5.41) is 8.69. The number of amides is 2. The van der Waals surface area contributed by atoms with Gasteiger partial charge in [-0.1, -0.05) is 42.1 Å². The minimum atomic E-state index is -0.371. The van der Waals surface area contributed by atoms with E-state index in [1.165, 1.54) is 0 Å². The molecule has 27 heavy (non-hydrogen) atoms. The van der Waals surface area contributed by atoms with Gasteiger partial charge in [0.15, 0.2) is 5.16 Å². The third-order valence-corrected chi connectivity index (χ3v) is 5.04. The Bertz CT molecular complexity index is 953. The molecule has 1 heterocycles. The number of hydrogen-bond acceptors (Lipinski definition) is 5. The SMILES string of the molecule is Cc1ccccc1C(=O)NNC(=O)c1ccc(CSc2nncn2C)cc1. The van der Waals surface area contributed by atoms with Crippen LogP contribution in [0.2, 0.25) is 0 Å². The summed E-state index contributed by atoms with van der Waals surface area (Å²) in [4.78, 5) is 24.4. The molecule has 2 N–H and O–H groups in total. The molecule has 3 rings (SSSR count). The van der Waals surface area contributed by atoms with Crippen molar-refractivity contribution in [3.8, 4) is 0 Å². The van der Waals surface area contributed by atoms with Crippen molar-refractivity contribution >= 4 is 23.6 Å². The molecular formula is C19H19N5O2S. The first-order valence-electron chi connectivity index (χ1n) is 8.26. The Morgan fingerprint density at radius 1 is 1.04 bits per heavy atom. The number of hydrazine groups is 1. The van der Waals surface area contributed by atoms with Gasteiger partial charge in [-0.3, -0.25) is 20.4 Å². The fourth-order valence-electron chi connectivity index (χ4n) is 2.38. The van der Waals surface area contributed by atoms with Crippen molar-refractivity contribution in [3.05, 3.63) is 77.1 Å². The molecule has 7 nitrogen and oxygen atoms in total. The van der Waals surface area contributed by atoms with Crippen molar-refractivity contribution in [2.75, 3.05) is 0 Å². The maximum Gasteiger partial charge on any atom is 0.269 e. The highest BCUT2D eigenvalue weighted by Gasteiger charge is 2.11.